The van der Waals surface area contributed by atoms with Gasteiger partial charge in [-0.3, -0.25) is 0 Å². The molecule has 0 N–H and O–H groups in total. The van der Waals surface area contributed by atoms with Crippen LogP contribution in [0.25, 0.3) is 0 Å². The lowest BCUT2D eigenvalue weighted by Crippen LogP contribution is -2.46. The third-order valence-corrected chi connectivity index (χ3v) is 6.74. The molecule has 4 nitrogen and oxygen atoms in total. The SMILES string of the molecule is O=S(=O)(ON(C1CCCCC1)C1CCCCC1)c1ccc(C(F)(F)F)cc1. The molecule has 0 saturated heterocycles. The third kappa shape index (κ3) is 5.23. The van der Waals surface area contributed by atoms with E-state index in [0.29, 0.717) is 0 Å². The fourth-order valence-electron chi connectivity index (χ4n) is 4.06. The molecular weight excluding hydrogens is 379 g/mol. The third-order valence-electron chi connectivity index (χ3n) is 5.52. The van der Waals surface area contributed by atoms with Crippen LogP contribution in [0.15, 0.2) is 29.2 Å². The summed E-state index contributed by atoms with van der Waals surface area (Å²) in [5, 5.41) is 1.66. The summed E-state index contributed by atoms with van der Waals surface area (Å²) in [7, 11) is -4.16. The number of hydroxylamine groups is 2. The van der Waals surface area contributed by atoms with Gasteiger partial charge in [0.1, 0.15) is 0 Å². The summed E-state index contributed by atoms with van der Waals surface area (Å²) in [4.78, 5) is -0.243. The van der Waals surface area contributed by atoms with Crippen LogP contribution in [0.3, 0.4) is 0 Å². The summed E-state index contributed by atoms with van der Waals surface area (Å²) in [6.45, 7) is 0. The van der Waals surface area contributed by atoms with Crippen LogP contribution >= 0.6 is 0 Å². The van der Waals surface area contributed by atoms with Crippen molar-refractivity contribution in [1.82, 2.24) is 5.06 Å². The molecule has 1 aromatic carbocycles. The van der Waals surface area contributed by atoms with Crippen molar-refractivity contribution in [2.75, 3.05) is 0 Å². The van der Waals surface area contributed by atoms with Gasteiger partial charge in [0.25, 0.3) is 0 Å². The molecule has 3 rings (SSSR count). The van der Waals surface area contributed by atoms with Crippen LogP contribution in [0, 0.1) is 0 Å². The predicted molar refractivity (Wildman–Crippen MR) is 95.3 cm³/mol. The highest BCUT2D eigenvalue weighted by Crippen LogP contribution is 2.33. The van der Waals surface area contributed by atoms with Crippen LogP contribution in [0.4, 0.5) is 13.2 Å². The van der Waals surface area contributed by atoms with E-state index in [2.05, 4.69) is 0 Å². The van der Waals surface area contributed by atoms with Crippen LogP contribution in [0.1, 0.15) is 69.8 Å². The molecule has 0 unspecified atom stereocenters. The maximum atomic E-state index is 12.7. The van der Waals surface area contributed by atoms with Gasteiger partial charge in [0.2, 0.25) is 0 Å². The van der Waals surface area contributed by atoms with E-state index in [9.17, 15) is 21.6 Å². The molecule has 0 aromatic heterocycles. The Bertz CT molecular complexity index is 689. The Kier molecular flexibility index (Phi) is 6.48. The van der Waals surface area contributed by atoms with E-state index in [4.69, 9.17) is 4.28 Å². The quantitative estimate of drug-likeness (QED) is 0.624. The minimum Gasteiger partial charge on any atom is -0.192 e. The Morgan fingerprint density at radius 3 is 1.67 bits per heavy atom. The smallest absolute Gasteiger partial charge is 0.192 e. The minimum absolute atomic E-state index is 0.0473. The van der Waals surface area contributed by atoms with Gasteiger partial charge in [-0.05, 0) is 49.9 Å². The van der Waals surface area contributed by atoms with Crippen molar-refractivity contribution in [3.8, 4) is 0 Å². The number of benzene rings is 1. The van der Waals surface area contributed by atoms with Crippen LogP contribution in [-0.4, -0.2) is 25.6 Å². The molecule has 0 amide bonds. The molecule has 0 spiro atoms. The zero-order valence-corrected chi connectivity index (χ0v) is 16.1. The molecule has 0 bridgehead atoms. The first-order valence-electron chi connectivity index (χ1n) is 9.67. The van der Waals surface area contributed by atoms with Crippen molar-refractivity contribution in [2.24, 2.45) is 0 Å². The van der Waals surface area contributed by atoms with Crippen molar-refractivity contribution in [3.63, 3.8) is 0 Å². The Labute approximate surface area is 158 Å². The first-order chi connectivity index (χ1) is 12.8. The largest absolute Gasteiger partial charge is 0.416 e. The summed E-state index contributed by atoms with van der Waals surface area (Å²) in [5.74, 6) is 0. The molecule has 2 saturated carbocycles. The van der Waals surface area contributed by atoms with Gasteiger partial charge in [-0.2, -0.15) is 30.9 Å². The summed E-state index contributed by atoms with van der Waals surface area (Å²) >= 11 is 0. The zero-order valence-electron chi connectivity index (χ0n) is 15.2. The van der Waals surface area contributed by atoms with Crippen molar-refractivity contribution < 1.29 is 25.9 Å². The molecule has 2 aliphatic rings. The summed E-state index contributed by atoms with van der Waals surface area (Å²) in [6.07, 6.45) is 5.49. The monoisotopic (exact) mass is 405 g/mol. The lowest BCUT2D eigenvalue weighted by Gasteiger charge is -2.39. The molecule has 0 heterocycles. The van der Waals surface area contributed by atoms with Crippen LogP contribution in [0.5, 0.6) is 0 Å². The van der Waals surface area contributed by atoms with E-state index in [1.807, 2.05) is 0 Å². The molecule has 2 aliphatic carbocycles. The summed E-state index contributed by atoms with van der Waals surface area (Å²) in [5.41, 5.74) is -0.877. The highest BCUT2D eigenvalue weighted by Gasteiger charge is 2.35. The van der Waals surface area contributed by atoms with E-state index >= 15 is 0 Å². The topological polar surface area (TPSA) is 46.6 Å². The van der Waals surface area contributed by atoms with Gasteiger partial charge in [0.05, 0.1) is 10.5 Å². The molecular formula is C19H26F3NO3S. The standard InChI is InChI=1S/C19H26F3NO3S/c20-19(21,22)15-11-13-18(14-12-15)27(24,25)26-23(16-7-3-1-4-8-16)17-9-5-2-6-10-17/h11-14,16-17H,1-10H2. The van der Waals surface area contributed by atoms with Gasteiger partial charge in [-0.1, -0.05) is 38.5 Å². The Morgan fingerprint density at radius 2 is 1.26 bits per heavy atom. The molecule has 1 aromatic rings. The zero-order chi connectivity index (χ0) is 19.5. The van der Waals surface area contributed by atoms with Gasteiger partial charge in [-0.25, -0.2) is 0 Å². The van der Waals surface area contributed by atoms with Gasteiger partial charge < -0.3 is 0 Å². The van der Waals surface area contributed by atoms with Crippen molar-refractivity contribution in [1.29, 1.82) is 0 Å². The molecule has 2 fully saturated rings. The molecule has 0 aliphatic heterocycles. The fourth-order valence-corrected chi connectivity index (χ4v) is 5.08. The maximum absolute atomic E-state index is 12.7. The first kappa shape index (κ1) is 20.6. The highest BCUT2D eigenvalue weighted by atomic mass is 32.2. The number of hydrogen-bond donors (Lipinski definition) is 0. The highest BCUT2D eigenvalue weighted by molar-refractivity contribution is 7.86. The van der Waals surface area contributed by atoms with Gasteiger partial charge in [-0.15, -0.1) is 0 Å². The minimum atomic E-state index is -4.50. The normalized spacial score (nSPS) is 20.9. The average molecular weight is 405 g/mol. The molecule has 27 heavy (non-hydrogen) atoms. The predicted octanol–water partition coefficient (Wildman–Crippen LogP) is 5.29. The second kappa shape index (κ2) is 8.49. The van der Waals surface area contributed by atoms with Crippen LogP contribution in [0.2, 0.25) is 0 Å². The van der Waals surface area contributed by atoms with Crippen LogP contribution < -0.4 is 0 Å². The van der Waals surface area contributed by atoms with E-state index in [1.165, 1.54) is 0 Å². The van der Waals surface area contributed by atoms with E-state index in [-0.39, 0.29) is 17.0 Å². The number of hydrogen-bond acceptors (Lipinski definition) is 4. The van der Waals surface area contributed by atoms with Gasteiger partial charge >= 0.3 is 16.3 Å². The van der Waals surface area contributed by atoms with Crippen molar-refractivity contribution >= 4 is 10.1 Å². The van der Waals surface area contributed by atoms with E-state index in [1.54, 1.807) is 5.06 Å². The molecule has 0 radical (unpaired) electrons. The molecule has 8 heteroatoms. The maximum Gasteiger partial charge on any atom is 0.416 e. The summed E-state index contributed by atoms with van der Waals surface area (Å²) in [6, 6.07) is 3.59. The van der Waals surface area contributed by atoms with Crippen molar-refractivity contribution in [2.45, 2.75) is 87.4 Å². The molecule has 152 valence electrons. The fraction of sp³-hybridized carbons (Fsp3) is 0.684. The lowest BCUT2D eigenvalue weighted by molar-refractivity contribution is -0.141. The first-order valence-corrected chi connectivity index (χ1v) is 11.1. The van der Waals surface area contributed by atoms with Gasteiger partial charge in [0, 0.05) is 12.1 Å². The van der Waals surface area contributed by atoms with Crippen LogP contribution in [-0.2, 0) is 20.6 Å². The van der Waals surface area contributed by atoms with E-state index in [0.717, 1.165) is 88.5 Å². The second-order valence-electron chi connectivity index (χ2n) is 7.49. The Balaban J connectivity index is 1.80. The van der Waals surface area contributed by atoms with Crippen molar-refractivity contribution in [3.05, 3.63) is 29.8 Å². The average Bonchev–Trinajstić information content (AvgIpc) is 2.67. The van der Waals surface area contributed by atoms with Gasteiger partial charge in [0.15, 0.2) is 0 Å². The second-order valence-corrected chi connectivity index (χ2v) is 9.02. The number of halogens is 3. The lowest BCUT2D eigenvalue weighted by atomic mass is 9.90. The summed E-state index contributed by atoms with van der Waals surface area (Å²) < 4.78 is 69.2. The Hall–Kier alpha value is -1.12. The number of alkyl halides is 3. The Morgan fingerprint density at radius 1 is 0.815 bits per heavy atom. The van der Waals surface area contributed by atoms with E-state index < -0.39 is 21.9 Å². The number of nitrogens with zero attached hydrogens (tertiary/aromatic N) is 1. The number of rotatable bonds is 5. The molecule has 0 atom stereocenters.